The summed E-state index contributed by atoms with van der Waals surface area (Å²) in [7, 11) is 0. The Balaban J connectivity index is 2.14. The summed E-state index contributed by atoms with van der Waals surface area (Å²) in [5, 5.41) is 0.794. The van der Waals surface area contributed by atoms with E-state index in [1.54, 1.807) is 6.20 Å². The van der Waals surface area contributed by atoms with Crippen LogP contribution in [0, 0.1) is 3.57 Å². The first-order chi connectivity index (χ1) is 7.66. The standard InChI is InChI=1S/C11H9BrClIN2/c12-8(6-11-15-3-4-16-11)7-1-2-10(14)9(13)5-7/h1-5,8H,6H2,(H,15,16). The van der Waals surface area contributed by atoms with Crippen molar-refractivity contribution in [2.24, 2.45) is 0 Å². The number of H-pyrrole nitrogens is 1. The van der Waals surface area contributed by atoms with E-state index in [-0.39, 0.29) is 4.83 Å². The zero-order chi connectivity index (χ0) is 11.5. The number of aromatic amines is 1. The molecular weight excluding hydrogens is 402 g/mol. The summed E-state index contributed by atoms with van der Waals surface area (Å²) < 4.78 is 1.07. The van der Waals surface area contributed by atoms with Crippen molar-refractivity contribution in [3.63, 3.8) is 0 Å². The van der Waals surface area contributed by atoms with Crippen molar-refractivity contribution in [1.82, 2.24) is 9.97 Å². The summed E-state index contributed by atoms with van der Waals surface area (Å²) in [6.45, 7) is 0. The van der Waals surface area contributed by atoms with Crippen LogP contribution < -0.4 is 0 Å². The molecule has 2 rings (SSSR count). The molecule has 0 saturated heterocycles. The molecule has 1 aromatic carbocycles. The van der Waals surface area contributed by atoms with Gasteiger partial charge in [0.1, 0.15) is 5.82 Å². The van der Waals surface area contributed by atoms with Gasteiger partial charge in [-0.05, 0) is 40.3 Å². The molecule has 0 aliphatic carbocycles. The molecule has 0 amide bonds. The third-order valence-corrected chi connectivity index (χ3v) is 4.66. The minimum absolute atomic E-state index is 0.230. The van der Waals surface area contributed by atoms with E-state index in [9.17, 15) is 0 Å². The molecule has 1 heterocycles. The molecule has 0 radical (unpaired) electrons. The number of hydrogen-bond acceptors (Lipinski definition) is 1. The van der Waals surface area contributed by atoms with Crippen LogP contribution in [0.5, 0.6) is 0 Å². The lowest BCUT2D eigenvalue weighted by molar-refractivity contribution is 0.876. The highest BCUT2D eigenvalue weighted by Gasteiger charge is 2.11. The fraction of sp³-hybridized carbons (Fsp3) is 0.182. The van der Waals surface area contributed by atoms with Gasteiger partial charge in [0.25, 0.3) is 0 Å². The Kier molecular flexibility index (Phi) is 4.27. The molecule has 2 aromatic rings. The van der Waals surface area contributed by atoms with Crippen LogP contribution in [0.1, 0.15) is 16.2 Å². The number of aromatic nitrogens is 2. The van der Waals surface area contributed by atoms with Crippen LogP contribution in [-0.4, -0.2) is 9.97 Å². The highest BCUT2D eigenvalue weighted by molar-refractivity contribution is 14.1. The zero-order valence-corrected chi connectivity index (χ0v) is 12.8. The molecule has 0 bridgehead atoms. The molecule has 5 heteroatoms. The Bertz CT molecular complexity index is 473. The highest BCUT2D eigenvalue weighted by Crippen LogP contribution is 2.29. The number of nitrogens with zero attached hydrogens (tertiary/aromatic N) is 1. The smallest absolute Gasteiger partial charge is 0.107 e. The van der Waals surface area contributed by atoms with Crippen molar-refractivity contribution < 1.29 is 0 Å². The van der Waals surface area contributed by atoms with Gasteiger partial charge in [-0.3, -0.25) is 0 Å². The van der Waals surface area contributed by atoms with Gasteiger partial charge in [-0.25, -0.2) is 4.98 Å². The molecule has 0 saturated carbocycles. The van der Waals surface area contributed by atoms with E-state index in [1.807, 2.05) is 18.3 Å². The summed E-state index contributed by atoms with van der Waals surface area (Å²) in [5.74, 6) is 0.969. The average Bonchev–Trinajstić information content (AvgIpc) is 2.74. The van der Waals surface area contributed by atoms with E-state index in [0.717, 1.165) is 20.8 Å². The van der Waals surface area contributed by atoms with Gasteiger partial charge in [0.2, 0.25) is 0 Å². The van der Waals surface area contributed by atoms with Crippen LogP contribution >= 0.6 is 50.1 Å². The molecule has 2 nitrogen and oxygen atoms in total. The number of nitrogens with one attached hydrogen (secondary N) is 1. The molecule has 0 aliphatic heterocycles. The average molecular weight is 411 g/mol. The maximum absolute atomic E-state index is 6.09. The van der Waals surface area contributed by atoms with Gasteiger partial charge < -0.3 is 4.98 Å². The third-order valence-electron chi connectivity index (χ3n) is 2.23. The summed E-state index contributed by atoms with van der Waals surface area (Å²) in [6, 6.07) is 6.09. The molecule has 1 aromatic heterocycles. The lowest BCUT2D eigenvalue weighted by Crippen LogP contribution is -1.97. The minimum atomic E-state index is 0.230. The van der Waals surface area contributed by atoms with Gasteiger partial charge in [0.05, 0.1) is 5.02 Å². The Morgan fingerprint density at radius 1 is 1.50 bits per heavy atom. The lowest BCUT2D eigenvalue weighted by atomic mass is 10.1. The summed E-state index contributed by atoms with van der Waals surface area (Å²) >= 11 is 12.0. The van der Waals surface area contributed by atoms with Gasteiger partial charge in [0, 0.05) is 27.2 Å². The van der Waals surface area contributed by atoms with Gasteiger partial charge in [0.15, 0.2) is 0 Å². The number of halogens is 3. The van der Waals surface area contributed by atoms with E-state index < -0.39 is 0 Å². The van der Waals surface area contributed by atoms with Crippen molar-refractivity contribution in [3.8, 4) is 0 Å². The highest BCUT2D eigenvalue weighted by atomic mass is 127. The molecule has 0 aliphatic rings. The van der Waals surface area contributed by atoms with Crippen molar-refractivity contribution in [1.29, 1.82) is 0 Å². The lowest BCUT2D eigenvalue weighted by Gasteiger charge is -2.09. The van der Waals surface area contributed by atoms with Crippen molar-refractivity contribution >= 4 is 50.1 Å². The fourth-order valence-corrected chi connectivity index (χ4v) is 2.52. The number of benzene rings is 1. The Morgan fingerprint density at radius 2 is 2.31 bits per heavy atom. The van der Waals surface area contributed by atoms with Crippen LogP contribution in [-0.2, 0) is 6.42 Å². The Labute approximate surface area is 121 Å². The monoisotopic (exact) mass is 410 g/mol. The fourth-order valence-electron chi connectivity index (χ4n) is 1.40. The van der Waals surface area contributed by atoms with Crippen molar-refractivity contribution in [3.05, 3.63) is 50.6 Å². The van der Waals surface area contributed by atoms with Gasteiger partial charge in [-0.2, -0.15) is 0 Å². The first-order valence-corrected chi connectivity index (χ1v) is 7.11. The maximum Gasteiger partial charge on any atom is 0.107 e. The van der Waals surface area contributed by atoms with Crippen molar-refractivity contribution in [2.75, 3.05) is 0 Å². The molecule has 0 spiro atoms. The van der Waals surface area contributed by atoms with Crippen molar-refractivity contribution in [2.45, 2.75) is 11.2 Å². The third kappa shape index (κ3) is 2.99. The van der Waals surface area contributed by atoms with Crippen LogP contribution in [0.4, 0.5) is 0 Å². The quantitative estimate of drug-likeness (QED) is 0.591. The van der Waals surface area contributed by atoms with Gasteiger partial charge >= 0.3 is 0 Å². The first-order valence-electron chi connectivity index (χ1n) is 4.74. The molecule has 84 valence electrons. The zero-order valence-electron chi connectivity index (χ0n) is 8.25. The molecule has 16 heavy (non-hydrogen) atoms. The van der Waals surface area contributed by atoms with Gasteiger partial charge in [-0.15, -0.1) is 0 Å². The number of alkyl halides is 1. The number of hydrogen-bond donors (Lipinski definition) is 1. The predicted molar refractivity (Wildman–Crippen MR) is 78.1 cm³/mol. The number of rotatable bonds is 3. The molecule has 1 N–H and O–H groups in total. The van der Waals surface area contributed by atoms with E-state index in [2.05, 4.69) is 54.6 Å². The maximum atomic E-state index is 6.09. The van der Waals surface area contributed by atoms with Crippen LogP contribution in [0.2, 0.25) is 5.02 Å². The van der Waals surface area contributed by atoms with Crippen LogP contribution in [0.15, 0.2) is 30.6 Å². The van der Waals surface area contributed by atoms with Crippen LogP contribution in [0.3, 0.4) is 0 Å². The Morgan fingerprint density at radius 3 is 2.94 bits per heavy atom. The van der Waals surface area contributed by atoms with E-state index >= 15 is 0 Å². The van der Waals surface area contributed by atoms with Gasteiger partial charge in [-0.1, -0.05) is 33.6 Å². The summed E-state index contributed by atoms with van der Waals surface area (Å²) in [4.78, 5) is 7.52. The second kappa shape index (κ2) is 5.51. The predicted octanol–water partition coefficient (Wildman–Crippen LogP) is 4.35. The van der Waals surface area contributed by atoms with Crippen LogP contribution in [0.25, 0.3) is 0 Å². The normalized spacial score (nSPS) is 12.7. The largest absolute Gasteiger partial charge is 0.349 e. The summed E-state index contributed by atoms with van der Waals surface area (Å²) in [5.41, 5.74) is 1.17. The topological polar surface area (TPSA) is 28.7 Å². The molecule has 0 fully saturated rings. The molecule has 1 unspecified atom stereocenters. The Hall–Kier alpha value is -0.0700. The summed E-state index contributed by atoms with van der Waals surface area (Å²) in [6.07, 6.45) is 4.41. The van der Waals surface area contributed by atoms with E-state index in [0.29, 0.717) is 0 Å². The second-order valence-corrected chi connectivity index (χ2v) is 6.06. The number of imidazole rings is 1. The van der Waals surface area contributed by atoms with E-state index in [4.69, 9.17) is 11.6 Å². The second-order valence-electron chi connectivity index (χ2n) is 3.38. The SMILES string of the molecule is Clc1cc(C(Br)Cc2ncc[nH]2)ccc1I. The molecule has 1 atom stereocenters. The minimum Gasteiger partial charge on any atom is -0.349 e. The molecular formula is C11H9BrClIN2. The van der Waals surface area contributed by atoms with E-state index in [1.165, 1.54) is 5.56 Å². The first kappa shape index (κ1) is 12.4.